The van der Waals surface area contributed by atoms with Crippen LogP contribution in [0.3, 0.4) is 0 Å². The van der Waals surface area contributed by atoms with E-state index in [4.69, 9.17) is 0 Å². The van der Waals surface area contributed by atoms with Gasteiger partial charge in [-0.2, -0.15) is 13.2 Å². The third kappa shape index (κ3) is 2.86. The van der Waals surface area contributed by atoms with Crippen LogP contribution in [0.5, 0.6) is 0 Å². The summed E-state index contributed by atoms with van der Waals surface area (Å²) in [5.41, 5.74) is -2.09. The Morgan fingerprint density at radius 1 is 1.21 bits per heavy atom. The number of aliphatic imine (C=N–C) groups is 1. The number of anilines is 1. The summed E-state index contributed by atoms with van der Waals surface area (Å²) < 4.78 is 55.3. The molecule has 1 unspecified atom stereocenters. The lowest BCUT2D eigenvalue weighted by Gasteiger charge is -2.25. The summed E-state index contributed by atoms with van der Waals surface area (Å²) in [6, 6.07) is 9.44. The molecule has 1 N–H and O–H groups in total. The van der Waals surface area contributed by atoms with E-state index >= 15 is 0 Å². The van der Waals surface area contributed by atoms with Gasteiger partial charge in [-0.15, -0.1) is 0 Å². The van der Waals surface area contributed by atoms with Gasteiger partial charge in [0.15, 0.2) is 0 Å². The van der Waals surface area contributed by atoms with Crippen molar-refractivity contribution in [2.75, 3.05) is 11.4 Å². The molecule has 2 aliphatic rings. The molecule has 0 fully saturated rings. The number of halogens is 4. The van der Waals surface area contributed by atoms with Gasteiger partial charge >= 0.3 is 6.18 Å². The largest absolute Gasteiger partial charge is 0.430 e. The van der Waals surface area contributed by atoms with Crippen LogP contribution in [0.15, 0.2) is 53.5 Å². The zero-order valence-electron chi connectivity index (χ0n) is 15.3. The number of fused-ring (bicyclic) bond motifs is 1. The lowest BCUT2D eigenvalue weighted by Crippen LogP contribution is -2.50. The average molecular weight is 404 g/mol. The Balaban J connectivity index is 1.70. The molecule has 0 saturated heterocycles. The Hall–Kier alpha value is -3.00. The first-order valence-corrected chi connectivity index (χ1v) is 8.85. The van der Waals surface area contributed by atoms with Gasteiger partial charge in [-0.25, -0.2) is 4.39 Å². The first-order valence-electron chi connectivity index (χ1n) is 8.85. The molecule has 2 aromatic rings. The molecule has 0 spiro atoms. The van der Waals surface area contributed by atoms with Crippen molar-refractivity contribution < 1.29 is 27.5 Å². The van der Waals surface area contributed by atoms with E-state index in [0.717, 1.165) is 22.3 Å². The zero-order valence-corrected chi connectivity index (χ0v) is 15.3. The van der Waals surface area contributed by atoms with Crippen molar-refractivity contribution in [1.29, 1.82) is 0 Å². The highest BCUT2D eigenvalue weighted by Gasteiger charge is 2.66. The lowest BCUT2D eigenvalue weighted by molar-refractivity contribution is -0.253. The predicted octanol–water partition coefficient (Wildman–Crippen LogP) is 3.98. The Labute approximate surface area is 163 Å². The molecule has 0 aromatic heterocycles. The van der Waals surface area contributed by atoms with Gasteiger partial charge in [0.1, 0.15) is 5.82 Å². The van der Waals surface area contributed by atoms with E-state index in [1.54, 1.807) is 6.07 Å². The topological polar surface area (TPSA) is 52.9 Å². The van der Waals surface area contributed by atoms with Crippen molar-refractivity contribution in [3.8, 4) is 0 Å². The Kier molecular flexibility index (Phi) is 4.34. The van der Waals surface area contributed by atoms with Crippen molar-refractivity contribution in [1.82, 2.24) is 0 Å². The summed E-state index contributed by atoms with van der Waals surface area (Å²) in [6.07, 6.45) is -3.35. The van der Waals surface area contributed by atoms with Gasteiger partial charge < -0.3 is 10.0 Å². The number of para-hydroxylation sites is 1. The maximum absolute atomic E-state index is 14.7. The second kappa shape index (κ2) is 6.52. The van der Waals surface area contributed by atoms with Crippen LogP contribution in [0.25, 0.3) is 5.57 Å². The minimum atomic E-state index is -5.21. The van der Waals surface area contributed by atoms with E-state index in [1.165, 1.54) is 30.3 Å². The van der Waals surface area contributed by atoms with Crippen LogP contribution < -0.4 is 4.90 Å². The van der Waals surface area contributed by atoms with Crippen LogP contribution in [-0.2, 0) is 16.9 Å². The number of alkyl halides is 3. The number of carbonyl (C=O) groups excluding carboxylic acids is 1. The molecule has 1 atom stereocenters. The number of rotatable bonds is 3. The highest BCUT2D eigenvalue weighted by Crippen LogP contribution is 2.49. The van der Waals surface area contributed by atoms with Crippen molar-refractivity contribution in [2.45, 2.75) is 25.2 Å². The second-order valence-electron chi connectivity index (χ2n) is 6.97. The van der Waals surface area contributed by atoms with E-state index in [2.05, 4.69) is 4.99 Å². The fourth-order valence-electron chi connectivity index (χ4n) is 3.71. The third-order valence-electron chi connectivity index (χ3n) is 5.26. The van der Waals surface area contributed by atoms with Crippen LogP contribution in [0.2, 0.25) is 0 Å². The SMILES string of the molecule is CC1=NCC=C1c1ccc(CN2C(=O)C(O)(C(F)(F)F)c3ccccc32)c(F)c1. The lowest BCUT2D eigenvalue weighted by atomic mass is 9.95. The van der Waals surface area contributed by atoms with Gasteiger partial charge in [0, 0.05) is 22.4 Å². The zero-order chi connectivity index (χ0) is 21.0. The summed E-state index contributed by atoms with van der Waals surface area (Å²) >= 11 is 0. The van der Waals surface area contributed by atoms with Gasteiger partial charge in [-0.1, -0.05) is 36.4 Å². The van der Waals surface area contributed by atoms with Crippen molar-refractivity contribution in [3.05, 3.63) is 71.0 Å². The summed E-state index contributed by atoms with van der Waals surface area (Å²) in [4.78, 5) is 17.6. The summed E-state index contributed by atoms with van der Waals surface area (Å²) in [6.45, 7) is 1.88. The number of nitrogens with zero attached hydrogens (tertiary/aromatic N) is 2. The summed E-state index contributed by atoms with van der Waals surface area (Å²) in [5.74, 6) is -2.20. The number of carbonyl (C=O) groups is 1. The molecule has 0 radical (unpaired) electrons. The standard InChI is InChI=1S/C21H16F4N2O2/c1-12-15(8-9-26-12)13-6-7-14(17(22)10-13)11-27-18-5-3-2-4-16(18)20(29,19(27)28)21(23,24)25/h2-8,10,29H,9,11H2,1H3. The highest BCUT2D eigenvalue weighted by molar-refractivity contribution is 6.24. The molecule has 2 heterocycles. The molecule has 4 nitrogen and oxygen atoms in total. The van der Waals surface area contributed by atoms with Crippen LogP contribution in [0.4, 0.5) is 23.2 Å². The maximum atomic E-state index is 14.7. The van der Waals surface area contributed by atoms with Crippen LogP contribution in [0.1, 0.15) is 23.6 Å². The molecule has 2 aromatic carbocycles. The molecule has 2 aliphatic heterocycles. The molecule has 150 valence electrons. The van der Waals surface area contributed by atoms with Gasteiger partial charge in [-0.05, 0) is 24.6 Å². The van der Waals surface area contributed by atoms with E-state index < -0.39 is 35.6 Å². The fourth-order valence-corrected chi connectivity index (χ4v) is 3.71. The number of benzene rings is 2. The minimum Gasteiger partial charge on any atom is -0.368 e. The van der Waals surface area contributed by atoms with Gasteiger partial charge in [0.25, 0.3) is 11.5 Å². The van der Waals surface area contributed by atoms with E-state index in [-0.39, 0.29) is 11.3 Å². The number of hydrogen-bond acceptors (Lipinski definition) is 3. The molecular formula is C21H16F4N2O2. The fraction of sp³-hybridized carbons (Fsp3) is 0.238. The molecule has 0 bridgehead atoms. The minimum absolute atomic E-state index is 0.0384. The van der Waals surface area contributed by atoms with E-state index in [0.29, 0.717) is 12.1 Å². The number of aliphatic hydroxyl groups is 1. The summed E-state index contributed by atoms with van der Waals surface area (Å²) in [5, 5.41) is 10.3. The Bertz CT molecular complexity index is 1070. The molecule has 8 heteroatoms. The summed E-state index contributed by atoms with van der Waals surface area (Å²) in [7, 11) is 0. The molecule has 0 saturated carbocycles. The Morgan fingerprint density at radius 3 is 2.55 bits per heavy atom. The highest BCUT2D eigenvalue weighted by atomic mass is 19.4. The van der Waals surface area contributed by atoms with Crippen molar-refractivity contribution in [3.63, 3.8) is 0 Å². The van der Waals surface area contributed by atoms with Crippen LogP contribution in [0, 0.1) is 5.82 Å². The van der Waals surface area contributed by atoms with Gasteiger partial charge in [0.05, 0.1) is 18.8 Å². The molecule has 29 heavy (non-hydrogen) atoms. The maximum Gasteiger partial charge on any atom is 0.430 e. The first-order chi connectivity index (χ1) is 13.6. The molecule has 4 rings (SSSR count). The van der Waals surface area contributed by atoms with Crippen molar-refractivity contribution >= 4 is 22.9 Å². The van der Waals surface area contributed by atoms with Crippen LogP contribution >= 0.6 is 0 Å². The number of hydrogen-bond donors (Lipinski definition) is 1. The average Bonchev–Trinajstić information content (AvgIpc) is 3.19. The first kappa shape index (κ1) is 19.3. The molecular weight excluding hydrogens is 388 g/mol. The van der Waals surface area contributed by atoms with Gasteiger partial charge in [-0.3, -0.25) is 9.79 Å². The molecule has 1 amide bonds. The predicted molar refractivity (Wildman–Crippen MR) is 99.9 cm³/mol. The van der Waals surface area contributed by atoms with E-state index in [1.807, 2.05) is 13.0 Å². The number of amides is 1. The Morgan fingerprint density at radius 2 is 1.93 bits per heavy atom. The normalized spacial score (nSPS) is 21.3. The third-order valence-corrected chi connectivity index (χ3v) is 5.26. The number of allylic oxidation sites excluding steroid dienone is 1. The van der Waals surface area contributed by atoms with E-state index in [9.17, 15) is 27.5 Å². The quantitative estimate of drug-likeness (QED) is 0.787. The van der Waals surface area contributed by atoms with Crippen molar-refractivity contribution in [2.24, 2.45) is 4.99 Å². The second-order valence-corrected chi connectivity index (χ2v) is 6.97. The van der Waals surface area contributed by atoms with Gasteiger partial charge in [0.2, 0.25) is 0 Å². The molecule has 0 aliphatic carbocycles. The van der Waals surface area contributed by atoms with Crippen LogP contribution in [-0.4, -0.2) is 29.4 Å². The smallest absolute Gasteiger partial charge is 0.368 e. The monoisotopic (exact) mass is 404 g/mol.